The molecule has 0 radical (unpaired) electrons. The maximum atomic E-state index is 12.6. The number of carbonyl (C=O) groups excluding carboxylic acids is 1. The third kappa shape index (κ3) is 4.23. The number of H-pyrrole nitrogens is 1. The molecule has 1 aliphatic rings. The van der Waals surface area contributed by atoms with Gasteiger partial charge in [-0.3, -0.25) is 9.78 Å². The van der Waals surface area contributed by atoms with Crippen molar-refractivity contribution < 1.29 is 19.0 Å². The number of pyridine rings is 1. The Morgan fingerprint density at radius 1 is 1.06 bits per heavy atom. The van der Waals surface area contributed by atoms with Gasteiger partial charge in [-0.2, -0.15) is 0 Å². The third-order valence-electron chi connectivity index (χ3n) is 5.31. The van der Waals surface area contributed by atoms with Crippen LogP contribution in [0.25, 0.3) is 22.6 Å². The van der Waals surface area contributed by atoms with Crippen LogP contribution in [0.3, 0.4) is 0 Å². The first-order chi connectivity index (χ1) is 16.1. The molecule has 2 N–H and O–H groups in total. The fourth-order valence-corrected chi connectivity index (χ4v) is 3.63. The van der Waals surface area contributed by atoms with Gasteiger partial charge in [-0.05, 0) is 61.5 Å². The first kappa shape index (κ1) is 20.6. The lowest BCUT2D eigenvalue weighted by molar-refractivity contribution is 0.0950. The lowest BCUT2D eigenvalue weighted by Gasteiger charge is -2.05. The van der Waals surface area contributed by atoms with Crippen LogP contribution in [0.1, 0.15) is 21.9 Å². The minimum atomic E-state index is -0.200. The smallest absolute Gasteiger partial charge is 0.251 e. The normalized spacial score (nSPS) is 11.9. The highest BCUT2D eigenvalue weighted by Crippen LogP contribution is 2.38. The van der Waals surface area contributed by atoms with Crippen molar-refractivity contribution in [3.05, 3.63) is 77.7 Å². The minimum Gasteiger partial charge on any atom is -0.497 e. The lowest BCUT2D eigenvalue weighted by atomic mass is 10.1. The van der Waals surface area contributed by atoms with E-state index < -0.39 is 0 Å². The fourth-order valence-electron chi connectivity index (χ4n) is 3.63. The van der Waals surface area contributed by atoms with Crippen molar-refractivity contribution in [3.8, 4) is 39.9 Å². The molecule has 8 nitrogen and oxygen atoms in total. The van der Waals surface area contributed by atoms with Crippen LogP contribution >= 0.6 is 0 Å². The van der Waals surface area contributed by atoms with Gasteiger partial charge in [0.15, 0.2) is 11.5 Å². The van der Waals surface area contributed by atoms with Gasteiger partial charge < -0.3 is 24.5 Å². The van der Waals surface area contributed by atoms with E-state index in [1.807, 2.05) is 43.3 Å². The van der Waals surface area contributed by atoms with E-state index in [9.17, 15) is 4.79 Å². The number of hydrogen-bond donors (Lipinski definition) is 2. The van der Waals surface area contributed by atoms with Gasteiger partial charge in [0.2, 0.25) is 6.79 Å². The Labute approximate surface area is 190 Å². The molecule has 0 aliphatic carbocycles. The van der Waals surface area contributed by atoms with Crippen molar-refractivity contribution in [2.24, 2.45) is 0 Å². The summed E-state index contributed by atoms with van der Waals surface area (Å²) in [4.78, 5) is 25.3. The number of rotatable bonds is 6. The predicted octanol–water partition coefficient (Wildman–Crippen LogP) is 4.11. The van der Waals surface area contributed by atoms with Gasteiger partial charge in [0, 0.05) is 16.8 Å². The standard InChI is InChI=1S/C25H22N4O4/c1-15-4-3-5-19(27-15)24-23(17-8-11-20-21(12-17)33-14-32-20)28-22(29-24)13-26-25(30)16-6-9-18(31-2)10-7-16/h3-12H,13-14H2,1-2H3,(H,26,30)(H,28,29). The van der Waals surface area contributed by atoms with Crippen molar-refractivity contribution in [3.63, 3.8) is 0 Å². The van der Waals surface area contributed by atoms with Gasteiger partial charge in [-0.15, -0.1) is 0 Å². The lowest BCUT2D eigenvalue weighted by Crippen LogP contribution is -2.23. The Kier molecular flexibility index (Phi) is 5.40. The average molecular weight is 442 g/mol. The summed E-state index contributed by atoms with van der Waals surface area (Å²) in [7, 11) is 1.59. The highest BCUT2D eigenvalue weighted by atomic mass is 16.7. The van der Waals surface area contributed by atoms with Gasteiger partial charge in [-0.1, -0.05) is 6.07 Å². The third-order valence-corrected chi connectivity index (χ3v) is 5.31. The zero-order chi connectivity index (χ0) is 22.8. The van der Waals surface area contributed by atoms with Crippen LogP contribution in [0.15, 0.2) is 60.7 Å². The van der Waals surface area contributed by atoms with Crippen molar-refractivity contribution in [1.29, 1.82) is 0 Å². The summed E-state index contributed by atoms with van der Waals surface area (Å²) < 4.78 is 16.1. The summed E-state index contributed by atoms with van der Waals surface area (Å²) in [6.07, 6.45) is 0. The second-order valence-corrected chi connectivity index (χ2v) is 7.55. The Bertz CT molecular complexity index is 1310. The second-order valence-electron chi connectivity index (χ2n) is 7.55. The molecule has 166 valence electrons. The fraction of sp³-hybridized carbons (Fsp3) is 0.160. The van der Waals surface area contributed by atoms with E-state index in [2.05, 4.69) is 15.3 Å². The molecule has 3 heterocycles. The maximum absolute atomic E-state index is 12.6. The van der Waals surface area contributed by atoms with Gasteiger partial charge in [-0.25, -0.2) is 4.98 Å². The van der Waals surface area contributed by atoms with Crippen LogP contribution in [0.4, 0.5) is 0 Å². The number of hydrogen-bond acceptors (Lipinski definition) is 6. The summed E-state index contributed by atoms with van der Waals surface area (Å²) in [5, 5.41) is 2.91. The van der Waals surface area contributed by atoms with E-state index in [4.69, 9.17) is 19.2 Å². The van der Waals surface area contributed by atoms with E-state index in [-0.39, 0.29) is 19.2 Å². The van der Waals surface area contributed by atoms with Crippen LogP contribution in [0, 0.1) is 6.92 Å². The number of ether oxygens (including phenoxy) is 3. The Hall–Kier alpha value is -4.33. The van der Waals surface area contributed by atoms with Crippen LogP contribution in [-0.4, -0.2) is 34.8 Å². The minimum absolute atomic E-state index is 0.200. The van der Waals surface area contributed by atoms with E-state index in [1.165, 1.54) is 0 Å². The molecule has 1 amide bonds. The van der Waals surface area contributed by atoms with E-state index in [0.29, 0.717) is 28.6 Å². The number of nitrogens with zero attached hydrogens (tertiary/aromatic N) is 2. The summed E-state index contributed by atoms with van der Waals surface area (Å²) in [5.41, 5.74) is 4.56. The molecule has 0 saturated heterocycles. The topological polar surface area (TPSA) is 98.4 Å². The summed E-state index contributed by atoms with van der Waals surface area (Å²) in [6, 6.07) is 18.5. The highest BCUT2D eigenvalue weighted by molar-refractivity contribution is 5.94. The van der Waals surface area contributed by atoms with Crippen molar-refractivity contribution >= 4 is 5.91 Å². The maximum Gasteiger partial charge on any atom is 0.251 e. The molecule has 0 saturated carbocycles. The van der Waals surface area contributed by atoms with Crippen molar-refractivity contribution in [1.82, 2.24) is 20.3 Å². The second kappa shape index (κ2) is 8.66. The number of aromatic nitrogens is 3. The molecular formula is C25H22N4O4. The summed E-state index contributed by atoms with van der Waals surface area (Å²) in [5.74, 6) is 2.49. The molecule has 0 atom stereocenters. The first-order valence-electron chi connectivity index (χ1n) is 10.5. The molecule has 33 heavy (non-hydrogen) atoms. The molecule has 5 rings (SSSR count). The number of carbonyl (C=O) groups is 1. The zero-order valence-electron chi connectivity index (χ0n) is 18.2. The van der Waals surface area contributed by atoms with E-state index in [1.54, 1.807) is 31.4 Å². The predicted molar refractivity (Wildman–Crippen MR) is 122 cm³/mol. The zero-order valence-corrected chi connectivity index (χ0v) is 18.2. The molecular weight excluding hydrogens is 420 g/mol. The van der Waals surface area contributed by atoms with E-state index in [0.717, 1.165) is 28.3 Å². The number of methoxy groups -OCH3 is 1. The molecule has 0 spiro atoms. The van der Waals surface area contributed by atoms with Crippen LogP contribution < -0.4 is 19.5 Å². The number of imidazole rings is 1. The molecule has 0 bridgehead atoms. The largest absolute Gasteiger partial charge is 0.497 e. The highest BCUT2D eigenvalue weighted by Gasteiger charge is 2.20. The number of aryl methyl sites for hydroxylation is 1. The SMILES string of the molecule is COc1ccc(C(=O)NCc2nc(-c3ccc4c(c3)OCO4)c(-c3cccc(C)n3)[nH]2)cc1. The number of amides is 1. The van der Waals surface area contributed by atoms with Crippen molar-refractivity contribution in [2.75, 3.05) is 13.9 Å². The monoisotopic (exact) mass is 442 g/mol. The van der Waals surface area contributed by atoms with E-state index >= 15 is 0 Å². The van der Waals surface area contributed by atoms with Gasteiger partial charge in [0.1, 0.15) is 11.6 Å². The Morgan fingerprint density at radius 2 is 1.88 bits per heavy atom. The number of aromatic amines is 1. The van der Waals surface area contributed by atoms with Crippen LogP contribution in [0.5, 0.6) is 17.2 Å². The molecule has 1 aliphatic heterocycles. The summed E-state index contributed by atoms with van der Waals surface area (Å²) >= 11 is 0. The summed E-state index contributed by atoms with van der Waals surface area (Å²) in [6.45, 7) is 2.37. The van der Waals surface area contributed by atoms with Gasteiger partial charge in [0.05, 0.1) is 30.7 Å². The number of fused-ring (bicyclic) bond motifs is 1. The Balaban J connectivity index is 1.44. The van der Waals surface area contributed by atoms with Crippen LogP contribution in [0.2, 0.25) is 0 Å². The van der Waals surface area contributed by atoms with Gasteiger partial charge >= 0.3 is 0 Å². The molecule has 0 fully saturated rings. The molecule has 2 aromatic carbocycles. The number of nitrogens with one attached hydrogen (secondary N) is 2. The molecule has 8 heteroatoms. The van der Waals surface area contributed by atoms with Gasteiger partial charge in [0.25, 0.3) is 5.91 Å². The molecule has 2 aromatic heterocycles. The Morgan fingerprint density at radius 3 is 2.67 bits per heavy atom. The van der Waals surface area contributed by atoms with Crippen LogP contribution in [-0.2, 0) is 6.54 Å². The molecule has 4 aromatic rings. The average Bonchev–Trinajstić information content (AvgIpc) is 3.49. The van der Waals surface area contributed by atoms with Crippen molar-refractivity contribution in [2.45, 2.75) is 13.5 Å². The first-order valence-corrected chi connectivity index (χ1v) is 10.5. The number of benzene rings is 2. The molecule has 0 unspecified atom stereocenters. The quantitative estimate of drug-likeness (QED) is 0.466.